The Morgan fingerprint density at radius 2 is 1.76 bits per heavy atom. The van der Waals surface area contributed by atoms with Gasteiger partial charge in [0, 0.05) is 0 Å². The first-order valence-corrected chi connectivity index (χ1v) is 11.2. The average molecular weight is 341 g/mol. The summed E-state index contributed by atoms with van der Waals surface area (Å²) in [5.41, 5.74) is 4.93. The molecule has 140 valence electrons. The molecule has 3 saturated carbocycles. The van der Waals surface area contributed by atoms with Crippen LogP contribution in [0.25, 0.3) is 0 Å². The lowest BCUT2D eigenvalue weighted by Gasteiger charge is -2.32. The van der Waals surface area contributed by atoms with Crippen LogP contribution in [-0.4, -0.2) is 0 Å². The zero-order valence-electron chi connectivity index (χ0n) is 16.9. The summed E-state index contributed by atoms with van der Waals surface area (Å²) in [5, 5.41) is 0. The van der Waals surface area contributed by atoms with Crippen molar-refractivity contribution in [3.8, 4) is 0 Å². The van der Waals surface area contributed by atoms with Gasteiger partial charge in [-0.05, 0) is 81.5 Å². The monoisotopic (exact) mass is 340 g/mol. The normalized spacial score (nSPS) is 31.6. The summed E-state index contributed by atoms with van der Waals surface area (Å²) in [4.78, 5) is 0. The summed E-state index contributed by atoms with van der Waals surface area (Å²) in [6.07, 6.45) is 23.2. The second-order valence-electron chi connectivity index (χ2n) is 9.49. The van der Waals surface area contributed by atoms with Crippen molar-refractivity contribution in [2.45, 2.75) is 97.3 Å². The van der Waals surface area contributed by atoms with Crippen molar-refractivity contribution >= 4 is 0 Å². The first-order chi connectivity index (χ1) is 12.1. The fourth-order valence-electron chi connectivity index (χ4n) is 5.62. The summed E-state index contributed by atoms with van der Waals surface area (Å²) in [6.45, 7) is 8.87. The van der Waals surface area contributed by atoms with Gasteiger partial charge in [0.25, 0.3) is 0 Å². The molecule has 0 aromatic heterocycles. The summed E-state index contributed by atoms with van der Waals surface area (Å²) in [6, 6.07) is 0. The van der Waals surface area contributed by atoms with Crippen LogP contribution in [0.4, 0.5) is 0 Å². The van der Waals surface area contributed by atoms with Crippen LogP contribution in [0.2, 0.25) is 0 Å². The molecule has 3 aliphatic rings. The molecule has 0 aromatic carbocycles. The molecular weight excluding hydrogens is 300 g/mol. The number of hydrogen-bond donors (Lipinski definition) is 0. The Bertz CT molecular complexity index is 492. The second kappa shape index (κ2) is 9.24. The van der Waals surface area contributed by atoms with Gasteiger partial charge >= 0.3 is 0 Å². The van der Waals surface area contributed by atoms with Gasteiger partial charge in [-0.1, -0.05) is 75.0 Å². The Kier molecular flexibility index (Phi) is 7.02. The van der Waals surface area contributed by atoms with Crippen LogP contribution >= 0.6 is 0 Å². The van der Waals surface area contributed by atoms with Gasteiger partial charge in [0.2, 0.25) is 0 Å². The summed E-state index contributed by atoms with van der Waals surface area (Å²) < 4.78 is 0. The molecule has 3 atom stereocenters. The van der Waals surface area contributed by atoms with Crippen LogP contribution < -0.4 is 0 Å². The van der Waals surface area contributed by atoms with Crippen molar-refractivity contribution in [3.05, 3.63) is 35.5 Å². The number of unbranched alkanes of at least 4 members (excludes halogenated alkanes) is 1. The lowest BCUT2D eigenvalue weighted by Crippen LogP contribution is -2.21. The number of allylic oxidation sites excluding steroid dienone is 5. The lowest BCUT2D eigenvalue weighted by atomic mass is 9.73. The van der Waals surface area contributed by atoms with Gasteiger partial charge in [-0.2, -0.15) is 0 Å². The third-order valence-corrected chi connectivity index (χ3v) is 7.19. The molecule has 25 heavy (non-hydrogen) atoms. The third kappa shape index (κ3) is 5.35. The lowest BCUT2D eigenvalue weighted by molar-refractivity contribution is 0.261. The van der Waals surface area contributed by atoms with Crippen LogP contribution in [-0.2, 0) is 0 Å². The minimum atomic E-state index is 0.880. The van der Waals surface area contributed by atoms with Gasteiger partial charge in [0.05, 0.1) is 0 Å². The Morgan fingerprint density at radius 1 is 0.960 bits per heavy atom. The molecule has 3 aliphatic carbocycles. The predicted octanol–water partition coefficient (Wildman–Crippen LogP) is 8.01. The zero-order chi connectivity index (χ0) is 17.6. The number of rotatable bonds is 6. The smallest absolute Gasteiger partial charge is 0.0169 e. The molecule has 3 fully saturated rings. The highest BCUT2D eigenvalue weighted by Gasteiger charge is 2.38. The SMILES string of the molecule is C=C1CCC(=C/C=C2\CCC[C@@H]3[C@@H](CCCCC(C)C)CC[C@@H]23)CC1. The summed E-state index contributed by atoms with van der Waals surface area (Å²) in [5.74, 6) is 3.86. The van der Waals surface area contributed by atoms with E-state index in [9.17, 15) is 0 Å². The first kappa shape index (κ1) is 19.0. The van der Waals surface area contributed by atoms with Crippen LogP contribution in [0, 0.1) is 23.7 Å². The largest absolute Gasteiger partial charge is 0.0998 e. The van der Waals surface area contributed by atoms with Gasteiger partial charge in [-0.25, -0.2) is 0 Å². The van der Waals surface area contributed by atoms with E-state index >= 15 is 0 Å². The van der Waals surface area contributed by atoms with Crippen LogP contribution in [0.15, 0.2) is 35.5 Å². The molecule has 0 radical (unpaired) electrons. The number of hydrogen-bond acceptors (Lipinski definition) is 0. The van der Waals surface area contributed by atoms with E-state index < -0.39 is 0 Å². The molecular formula is C25H40. The molecule has 0 aliphatic heterocycles. The van der Waals surface area contributed by atoms with Crippen molar-refractivity contribution in [1.29, 1.82) is 0 Å². The van der Waals surface area contributed by atoms with Crippen molar-refractivity contribution in [1.82, 2.24) is 0 Å². The van der Waals surface area contributed by atoms with Crippen molar-refractivity contribution in [2.75, 3.05) is 0 Å². The standard InChI is InChI=1S/C25H40/c1-19(2)7-4-5-8-22-17-18-25-23(9-6-10-24(22)25)16-15-21-13-11-20(3)12-14-21/h15-16,19,22,24-25H,3-14,17-18H2,1-2H3/b23-16+/t22-,24+,25-/m0/s1. The Labute approximate surface area is 156 Å². The molecule has 3 rings (SSSR count). The van der Waals surface area contributed by atoms with E-state index in [1.54, 1.807) is 11.1 Å². The highest BCUT2D eigenvalue weighted by molar-refractivity contribution is 5.25. The van der Waals surface area contributed by atoms with Gasteiger partial charge in [0.1, 0.15) is 0 Å². The number of fused-ring (bicyclic) bond motifs is 1. The average Bonchev–Trinajstić information content (AvgIpc) is 3.02. The quantitative estimate of drug-likeness (QED) is 0.339. The van der Waals surface area contributed by atoms with Gasteiger partial charge in [0.15, 0.2) is 0 Å². The highest BCUT2D eigenvalue weighted by Crippen LogP contribution is 2.50. The first-order valence-electron chi connectivity index (χ1n) is 11.2. The molecule has 0 saturated heterocycles. The minimum absolute atomic E-state index is 0.880. The minimum Gasteiger partial charge on any atom is -0.0998 e. The fraction of sp³-hybridized carbons (Fsp3) is 0.760. The van der Waals surface area contributed by atoms with Crippen LogP contribution in [0.3, 0.4) is 0 Å². The van der Waals surface area contributed by atoms with Crippen LogP contribution in [0.1, 0.15) is 97.3 Å². The Hall–Kier alpha value is -0.780. The maximum atomic E-state index is 4.15. The summed E-state index contributed by atoms with van der Waals surface area (Å²) in [7, 11) is 0. The topological polar surface area (TPSA) is 0 Å². The molecule has 0 heteroatoms. The molecule has 0 unspecified atom stereocenters. The summed E-state index contributed by atoms with van der Waals surface area (Å²) >= 11 is 0. The van der Waals surface area contributed by atoms with E-state index in [1.165, 1.54) is 89.0 Å². The van der Waals surface area contributed by atoms with E-state index in [0.717, 1.165) is 23.7 Å². The molecule has 0 amide bonds. The molecule has 0 nitrogen and oxygen atoms in total. The van der Waals surface area contributed by atoms with Gasteiger partial charge in [-0.3, -0.25) is 0 Å². The highest BCUT2D eigenvalue weighted by atomic mass is 14.4. The van der Waals surface area contributed by atoms with Gasteiger partial charge < -0.3 is 0 Å². The fourth-order valence-corrected chi connectivity index (χ4v) is 5.62. The van der Waals surface area contributed by atoms with Crippen molar-refractivity contribution < 1.29 is 0 Å². The van der Waals surface area contributed by atoms with Gasteiger partial charge in [-0.15, -0.1) is 0 Å². The molecule has 0 spiro atoms. The van der Waals surface area contributed by atoms with Crippen LogP contribution in [0.5, 0.6) is 0 Å². The molecule has 0 aromatic rings. The second-order valence-corrected chi connectivity index (χ2v) is 9.49. The zero-order valence-corrected chi connectivity index (χ0v) is 16.9. The maximum Gasteiger partial charge on any atom is -0.0169 e. The van der Waals surface area contributed by atoms with E-state index in [4.69, 9.17) is 0 Å². The van der Waals surface area contributed by atoms with E-state index in [1.807, 2.05) is 0 Å². The van der Waals surface area contributed by atoms with E-state index in [0.29, 0.717) is 0 Å². The third-order valence-electron chi connectivity index (χ3n) is 7.19. The predicted molar refractivity (Wildman–Crippen MR) is 111 cm³/mol. The van der Waals surface area contributed by atoms with E-state index in [-0.39, 0.29) is 0 Å². The Morgan fingerprint density at radius 3 is 2.52 bits per heavy atom. The van der Waals surface area contributed by atoms with Crippen molar-refractivity contribution in [2.24, 2.45) is 23.7 Å². The molecule has 0 bridgehead atoms. The Balaban J connectivity index is 1.53. The molecule has 0 N–H and O–H groups in total. The van der Waals surface area contributed by atoms with Crippen molar-refractivity contribution in [3.63, 3.8) is 0 Å². The molecule has 0 heterocycles. The van der Waals surface area contributed by atoms with E-state index in [2.05, 4.69) is 32.6 Å². The maximum absolute atomic E-state index is 4.15.